The van der Waals surface area contributed by atoms with Crippen molar-refractivity contribution < 1.29 is 117 Å². The number of aldehydes is 2. The van der Waals surface area contributed by atoms with Gasteiger partial charge in [-0.15, -0.1) is 0 Å². The molecule has 806 valence electrons. The molecule has 16 aliphatic heterocycles. The third-order valence-corrected chi connectivity index (χ3v) is 46.4. The van der Waals surface area contributed by atoms with Gasteiger partial charge in [0.05, 0.1) is 107 Å². The second kappa shape index (κ2) is 48.9. The van der Waals surface area contributed by atoms with Crippen molar-refractivity contribution in [1.29, 1.82) is 0 Å². The molecule has 0 saturated carbocycles. The molecule has 16 heterocycles. The fraction of sp³-hybridized carbons (Fsp3) is 0.730. The van der Waals surface area contributed by atoms with Crippen LogP contribution in [0.3, 0.4) is 0 Å². The minimum atomic E-state index is -3.46. The number of hydrogen-bond donors (Lipinski definition) is 0. The van der Waals surface area contributed by atoms with Crippen LogP contribution < -0.4 is 0 Å². The summed E-state index contributed by atoms with van der Waals surface area (Å²) in [5, 5.41) is 0.294. The predicted molar refractivity (Wildman–Crippen MR) is 567 cm³/mol. The Hall–Kier alpha value is -4.73. The smallest absolute Gasteiger partial charge is 0.338 e. The average molecular weight is 2200 g/mol. The maximum Gasteiger partial charge on any atom is 0.338 e. The minimum absolute atomic E-state index is 0.00602. The van der Waals surface area contributed by atoms with Gasteiger partial charge in [-0.05, 0) is 211 Å². The van der Waals surface area contributed by atoms with Crippen molar-refractivity contribution in [2.24, 2.45) is 47.3 Å². The Morgan fingerprint density at radius 2 is 0.910 bits per heavy atom. The van der Waals surface area contributed by atoms with Gasteiger partial charge in [-0.25, -0.2) is 18.0 Å². The van der Waals surface area contributed by atoms with Crippen molar-refractivity contribution in [3.8, 4) is 0 Å². The van der Waals surface area contributed by atoms with E-state index in [1.54, 1.807) is 48.5 Å². The summed E-state index contributed by atoms with van der Waals surface area (Å²) in [6.07, 6.45) is 14.1. The van der Waals surface area contributed by atoms with Crippen LogP contribution in [0.5, 0.6) is 0 Å². The molecule has 25 nitrogen and oxygen atoms in total. The summed E-state index contributed by atoms with van der Waals surface area (Å²) in [6, 6.07) is 26.8. The van der Waals surface area contributed by atoms with Gasteiger partial charge in [0, 0.05) is 96.2 Å². The molecule has 16 aliphatic rings. The molecule has 36 atom stereocenters. The summed E-state index contributed by atoms with van der Waals surface area (Å²) in [7, 11) is -7.22. The lowest BCUT2D eigenvalue weighted by Crippen LogP contribution is -2.61. The number of halogens is 2. The van der Waals surface area contributed by atoms with Crippen molar-refractivity contribution >= 4 is 88.6 Å². The Labute approximate surface area is 882 Å². The normalized spacial score (nSPS) is 36.8. The Bertz CT molecular complexity index is 4980. The average Bonchev–Trinajstić information content (AvgIpc) is 1.55. The zero-order valence-corrected chi connectivity index (χ0v) is 95.1. The van der Waals surface area contributed by atoms with Gasteiger partial charge in [-0.3, -0.25) is 4.79 Å². The van der Waals surface area contributed by atoms with Crippen molar-refractivity contribution in [3.63, 3.8) is 0 Å². The summed E-state index contributed by atoms with van der Waals surface area (Å²) in [5.74, 6) is -0.928. The number of carbonyl (C=O) groups is 5. The third-order valence-electron chi connectivity index (χ3n) is 34.9. The van der Waals surface area contributed by atoms with E-state index in [4.69, 9.17) is 84.6 Å². The van der Waals surface area contributed by atoms with Gasteiger partial charge in [0.15, 0.2) is 38.0 Å². The molecule has 19 rings (SSSR count). The van der Waals surface area contributed by atoms with Gasteiger partial charge in [0.25, 0.3) is 0 Å². The number of carbonyl (C=O) groups excluding carboxylic acids is 5. The molecule has 145 heavy (non-hydrogen) atoms. The molecule has 0 aromatic heterocycles. The lowest BCUT2D eigenvalue weighted by molar-refractivity contribution is -0.292. The number of unbranched alkanes of at least 4 members (excludes halogenated alkanes) is 1. The Morgan fingerprint density at radius 1 is 0.497 bits per heavy atom. The van der Waals surface area contributed by atoms with Gasteiger partial charge >= 0.3 is 11.9 Å². The number of sulfone groups is 1. The lowest BCUT2D eigenvalue weighted by Gasteiger charge is -2.47. The Morgan fingerprint density at radius 3 is 1.35 bits per heavy atom. The predicted octanol–water partition coefficient (Wildman–Crippen LogP) is 22.7. The first-order valence-electron chi connectivity index (χ1n) is 54.5. The van der Waals surface area contributed by atoms with Gasteiger partial charge < -0.3 is 94.2 Å². The van der Waals surface area contributed by atoms with Gasteiger partial charge in [-0.1, -0.05) is 216 Å². The van der Waals surface area contributed by atoms with Gasteiger partial charge in [0.1, 0.15) is 91.6 Å². The van der Waals surface area contributed by atoms with E-state index in [1.165, 1.54) is 0 Å². The molecule has 0 spiro atoms. The SMILES string of the molecule is C=C(Br)C[C@H](CC[C@@]12C[C@H]3O[C@H]4C(O1)[C@H]1OC(CC=O)CC[C@@H]1O[C@H]4[C@H]3O2)OC(=O)c1ccccc1.C=C(Br)C[C@H](CC[C@@]12C[C@H]3O[C@H]4C(O1)[C@H]1O[C@@H](CC(=O)C[C@H]5C(C[C@H]6O[C@@H](CCC=O)C[C@@H](C)C6=C)O[C@H](C[C@H](C)CO[Si](C)(C)C(C)(C)C)[C@@H]5C)CC[C@@H]1O[C@H]4[C@H]3O2)OC(=O)c1ccccc1.C=C1[C@H](C)C[C@H](CCCC)O[C@@H]1CC1O[C@H](C[C@H](C)CO[Si](C)(C)C(C)(C)C)[C@H](C)[C@H]1CS(=O)(=O)c1ccccc1. The quantitative estimate of drug-likeness (QED) is 0.0220. The number of esters is 2. The van der Waals surface area contributed by atoms with Crippen molar-refractivity contribution in [2.45, 2.75) is 468 Å². The van der Waals surface area contributed by atoms with E-state index < -0.39 is 62.5 Å². The van der Waals surface area contributed by atoms with Crippen LogP contribution >= 0.6 is 31.9 Å². The second-order valence-corrected chi connectivity index (χ2v) is 61.9. The Kier molecular flexibility index (Phi) is 38.6. The highest BCUT2D eigenvalue weighted by Gasteiger charge is 2.71. The van der Waals surface area contributed by atoms with Crippen LogP contribution in [0.4, 0.5) is 0 Å². The molecule has 0 amide bonds. The van der Waals surface area contributed by atoms with Crippen LogP contribution in [0.15, 0.2) is 142 Å². The Balaban J connectivity index is 0.000000175. The maximum atomic E-state index is 14.4. The molecule has 5 unspecified atom stereocenters. The fourth-order valence-electron chi connectivity index (χ4n) is 24.4. The second-order valence-electron chi connectivity index (χ2n) is 48.0. The number of hydrogen-bond acceptors (Lipinski definition) is 25. The van der Waals surface area contributed by atoms with Crippen LogP contribution in [0, 0.1) is 47.3 Å². The van der Waals surface area contributed by atoms with E-state index >= 15 is 0 Å². The number of rotatable bonds is 43. The monoisotopic (exact) mass is 2190 g/mol. The molecular weight excluding hydrogens is 2030 g/mol. The number of benzene rings is 3. The zero-order valence-electron chi connectivity index (χ0n) is 89.1. The van der Waals surface area contributed by atoms with E-state index in [1.807, 2.05) is 42.5 Å². The molecule has 16 saturated heterocycles. The number of ketones is 1. The topological polar surface area (TPSA) is 286 Å². The highest BCUT2D eigenvalue weighted by atomic mass is 79.9. The lowest BCUT2D eigenvalue weighted by atomic mass is 9.78. The molecule has 3 aromatic rings. The first-order valence-corrected chi connectivity index (χ1v) is 63.5. The highest BCUT2D eigenvalue weighted by Crippen LogP contribution is 2.58. The molecular formula is C115H168Br2O25SSi2. The largest absolute Gasteiger partial charge is 0.458 e. The zero-order chi connectivity index (χ0) is 104. The highest BCUT2D eigenvalue weighted by molar-refractivity contribution is 9.12. The van der Waals surface area contributed by atoms with E-state index in [0.29, 0.717) is 137 Å². The van der Waals surface area contributed by atoms with Crippen LogP contribution in [-0.2, 0) is 109 Å². The third kappa shape index (κ3) is 27.8. The van der Waals surface area contributed by atoms with Crippen molar-refractivity contribution in [3.05, 3.63) is 149 Å². The molecule has 12 bridgehead atoms. The minimum Gasteiger partial charge on any atom is -0.458 e. The van der Waals surface area contributed by atoms with Crippen LogP contribution in [0.1, 0.15) is 278 Å². The van der Waals surface area contributed by atoms with E-state index in [0.717, 1.165) is 96.9 Å². The van der Waals surface area contributed by atoms with Crippen LogP contribution in [0.2, 0.25) is 36.3 Å². The number of ether oxygens (including phenoxy) is 16. The van der Waals surface area contributed by atoms with E-state index in [-0.39, 0.29) is 210 Å². The van der Waals surface area contributed by atoms with E-state index in [9.17, 15) is 32.4 Å². The molecule has 16 fully saturated rings. The maximum absolute atomic E-state index is 14.4. The molecule has 3 aromatic carbocycles. The molecule has 30 heteroatoms. The first kappa shape index (κ1) is 114. The fourth-order valence-corrected chi connectivity index (χ4v) is 29.1. The summed E-state index contributed by atoms with van der Waals surface area (Å²) < 4.78 is 147. The summed E-state index contributed by atoms with van der Waals surface area (Å²) in [4.78, 5) is 63.1. The number of fused-ring (bicyclic) bond motifs is 2. The van der Waals surface area contributed by atoms with Crippen molar-refractivity contribution in [1.82, 2.24) is 0 Å². The standard InChI is InChI=1S/C54H79BrO12Si.C34H58O5SSi.C27H31BrO8/c1-31(30-59-68(9,10)53(6,7)8)23-43-35(5)41(45(63-43)28-44-34(4)32(2)24-38(60-44)17-14-22-56)27-37(57)26-39-18-19-42-47(61-39)51-50-49(64-42)48-46(65-50)29-54(66-48,67-51)21-20-40(25-33(3)55)62-52(58)36-15-12-11-13-16-36;1-11-12-16-28-20-25(3)26(4)32(38-28)21-33-30(23-40(35,36)29-17-14-13-15-18-29)27(5)31(39-33)19-24(2)22-37-41(9,10)34(6,7)8;1-15(28)13-18(32-26(30)16-5-3-2-4-6-16)9-11-27-14-20-22(35-27)23-24(34-20)25(36-27)21-19(33-23)8-7-17(31-21)10-12-29/h11-13,15-16,22,31-32,35,38-51H,3-4,14,17-21,23-30H2,1-2,5-10H3;13-15,17-18,24-25,27-28,30-33H,4,11-12,16,19-23H2,1-3,5-10H3;2-6,12,17-25H,1,7-11,13-14H2/t31-,32+,35+,38-,39+,40-,41+,42-,43+,44+,45?,46+,47-,48-,49-,50+,51?,54-;24-,25+,27+,28-,30+,31+,32+,33?;17?,18-,19-,20+,21-,22-,23-,24+,25?,27-/m000/s1. The van der Waals surface area contributed by atoms with Gasteiger partial charge in [0.2, 0.25) is 0 Å². The summed E-state index contributed by atoms with van der Waals surface area (Å²) in [5.41, 5.74) is 3.19. The van der Waals surface area contributed by atoms with Gasteiger partial charge in [-0.2, -0.15) is 0 Å². The van der Waals surface area contributed by atoms with Crippen molar-refractivity contribution in [2.75, 3.05) is 19.0 Å². The van der Waals surface area contributed by atoms with Crippen LogP contribution in [-0.4, -0.2) is 245 Å². The summed E-state index contributed by atoms with van der Waals surface area (Å²) >= 11 is 6.91. The first-order chi connectivity index (χ1) is 68.7. The molecule has 0 N–H and O–H groups in total. The molecule has 0 aliphatic carbocycles. The van der Waals surface area contributed by atoms with Crippen LogP contribution in [0.25, 0.3) is 0 Å². The van der Waals surface area contributed by atoms with E-state index in [2.05, 4.69) is 174 Å². The summed E-state index contributed by atoms with van der Waals surface area (Å²) in [6.45, 7) is 56.6. The number of Topliss-reactive ketones (excluding diaryl/α,β-unsaturated/α-hetero) is 1. The molecule has 0 radical (unpaired) electrons.